The molecule has 0 heterocycles. The fourth-order valence-corrected chi connectivity index (χ4v) is 3.60. The van der Waals surface area contributed by atoms with Gasteiger partial charge in [0.25, 0.3) is 0 Å². The summed E-state index contributed by atoms with van der Waals surface area (Å²) in [5.74, 6) is 0. The van der Waals surface area contributed by atoms with Gasteiger partial charge in [0.15, 0.2) is 0 Å². The van der Waals surface area contributed by atoms with Crippen LogP contribution in [0, 0.1) is 0 Å². The van der Waals surface area contributed by atoms with Crippen molar-refractivity contribution in [2.24, 2.45) is 0 Å². The SMILES string of the molecule is CCCCN(CC)C1CCc2ccccc2C1NCCC. The number of nitrogens with one attached hydrogen (secondary N) is 1. The second-order valence-corrected chi connectivity index (χ2v) is 6.22. The highest BCUT2D eigenvalue weighted by atomic mass is 15.2. The first-order valence-corrected chi connectivity index (χ1v) is 8.87. The van der Waals surface area contributed by atoms with Gasteiger partial charge in [-0.2, -0.15) is 0 Å². The van der Waals surface area contributed by atoms with E-state index >= 15 is 0 Å². The maximum absolute atomic E-state index is 3.83. The highest BCUT2D eigenvalue weighted by Crippen LogP contribution is 2.33. The summed E-state index contributed by atoms with van der Waals surface area (Å²) < 4.78 is 0. The molecule has 0 saturated carbocycles. The molecule has 2 rings (SSSR count). The first-order valence-electron chi connectivity index (χ1n) is 8.87. The van der Waals surface area contributed by atoms with Gasteiger partial charge in [0.2, 0.25) is 0 Å². The van der Waals surface area contributed by atoms with E-state index in [4.69, 9.17) is 0 Å². The van der Waals surface area contributed by atoms with E-state index in [1.807, 2.05) is 0 Å². The Morgan fingerprint density at radius 2 is 1.95 bits per heavy atom. The van der Waals surface area contributed by atoms with Gasteiger partial charge in [-0.25, -0.2) is 0 Å². The van der Waals surface area contributed by atoms with Gasteiger partial charge in [0.1, 0.15) is 0 Å². The van der Waals surface area contributed by atoms with Gasteiger partial charge < -0.3 is 5.32 Å². The van der Waals surface area contributed by atoms with Gasteiger partial charge in [-0.15, -0.1) is 0 Å². The van der Waals surface area contributed by atoms with E-state index in [1.54, 1.807) is 5.56 Å². The van der Waals surface area contributed by atoms with E-state index in [1.165, 1.54) is 44.2 Å². The smallest absolute Gasteiger partial charge is 0.0481 e. The molecule has 118 valence electrons. The fourth-order valence-electron chi connectivity index (χ4n) is 3.60. The highest BCUT2D eigenvalue weighted by molar-refractivity contribution is 5.34. The molecule has 2 nitrogen and oxygen atoms in total. The van der Waals surface area contributed by atoms with Crippen LogP contribution in [0.25, 0.3) is 0 Å². The summed E-state index contributed by atoms with van der Waals surface area (Å²) in [4.78, 5) is 2.70. The van der Waals surface area contributed by atoms with Crippen molar-refractivity contribution in [3.8, 4) is 0 Å². The lowest BCUT2D eigenvalue weighted by Gasteiger charge is -2.41. The van der Waals surface area contributed by atoms with Gasteiger partial charge in [-0.1, -0.05) is 51.5 Å². The third-order valence-corrected chi connectivity index (χ3v) is 4.77. The number of benzene rings is 1. The summed E-state index contributed by atoms with van der Waals surface area (Å²) >= 11 is 0. The summed E-state index contributed by atoms with van der Waals surface area (Å²) in [6, 6.07) is 10.2. The minimum absolute atomic E-state index is 0.506. The van der Waals surface area contributed by atoms with Crippen molar-refractivity contribution in [1.82, 2.24) is 10.2 Å². The van der Waals surface area contributed by atoms with E-state index in [9.17, 15) is 0 Å². The number of hydrogen-bond donors (Lipinski definition) is 1. The molecule has 1 N–H and O–H groups in total. The summed E-state index contributed by atoms with van der Waals surface area (Å²) in [5, 5.41) is 3.83. The quantitative estimate of drug-likeness (QED) is 0.772. The van der Waals surface area contributed by atoms with Gasteiger partial charge in [-0.05, 0) is 56.4 Å². The van der Waals surface area contributed by atoms with Crippen molar-refractivity contribution in [1.29, 1.82) is 0 Å². The molecule has 0 fully saturated rings. The third kappa shape index (κ3) is 4.08. The number of fused-ring (bicyclic) bond motifs is 1. The zero-order valence-corrected chi connectivity index (χ0v) is 14.1. The summed E-state index contributed by atoms with van der Waals surface area (Å²) in [5.41, 5.74) is 3.09. The predicted molar refractivity (Wildman–Crippen MR) is 91.7 cm³/mol. The average molecular weight is 288 g/mol. The maximum atomic E-state index is 3.83. The van der Waals surface area contributed by atoms with Crippen molar-refractivity contribution in [3.05, 3.63) is 35.4 Å². The second kappa shape index (κ2) is 8.55. The molecule has 1 aliphatic carbocycles. The van der Waals surface area contributed by atoms with Crippen molar-refractivity contribution < 1.29 is 0 Å². The third-order valence-electron chi connectivity index (χ3n) is 4.77. The molecule has 1 aromatic carbocycles. The minimum atomic E-state index is 0.506. The minimum Gasteiger partial charge on any atom is -0.309 e. The predicted octanol–water partition coefficient (Wildman–Crippen LogP) is 4.16. The Hall–Kier alpha value is -0.860. The zero-order valence-electron chi connectivity index (χ0n) is 14.1. The summed E-state index contributed by atoms with van der Waals surface area (Å²) in [7, 11) is 0. The van der Waals surface area contributed by atoms with Crippen LogP contribution >= 0.6 is 0 Å². The summed E-state index contributed by atoms with van der Waals surface area (Å²) in [6.45, 7) is 10.4. The molecule has 21 heavy (non-hydrogen) atoms. The van der Waals surface area contributed by atoms with E-state index < -0.39 is 0 Å². The van der Waals surface area contributed by atoms with Gasteiger partial charge in [0.05, 0.1) is 0 Å². The highest BCUT2D eigenvalue weighted by Gasteiger charge is 2.32. The van der Waals surface area contributed by atoms with Crippen LogP contribution in [0.2, 0.25) is 0 Å². The molecule has 0 bridgehead atoms. The lowest BCUT2D eigenvalue weighted by atomic mass is 9.83. The molecule has 0 spiro atoms. The first-order chi connectivity index (χ1) is 10.3. The molecule has 0 aromatic heterocycles. The second-order valence-electron chi connectivity index (χ2n) is 6.22. The van der Waals surface area contributed by atoms with E-state index in [0.717, 1.165) is 13.1 Å². The van der Waals surface area contributed by atoms with Gasteiger partial charge >= 0.3 is 0 Å². The Kier molecular flexibility index (Phi) is 6.72. The topological polar surface area (TPSA) is 15.3 Å². The van der Waals surface area contributed by atoms with Crippen molar-refractivity contribution in [2.45, 2.75) is 65.0 Å². The van der Waals surface area contributed by atoms with Crippen LogP contribution in [0.15, 0.2) is 24.3 Å². The average Bonchev–Trinajstić information content (AvgIpc) is 2.54. The zero-order chi connectivity index (χ0) is 15.1. The molecule has 1 aromatic rings. The van der Waals surface area contributed by atoms with Crippen LogP contribution in [0.1, 0.15) is 63.6 Å². The van der Waals surface area contributed by atoms with Gasteiger partial charge in [-0.3, -0.25) is 4.90 Å². The lowest BCUT2D eigenvalue weighted by molar-refractivity contribution is 0.145. The molecule has 0 amide bonds. The number of nitrogens with zero attached hydrogens (tertiary/aromatic N) is 1. The van der Waals surface area contributed by atoms with Crippen LogP contribution in [-0.4, -0.2) is 30.6 Å². The number of hydrogen-bond acceptors (Lipinski definition) is 2. The number of aryl methyl sites for hydroxylation is 1. The molecule has 2 unspecified atom stereocenters. The number of unbranched alkanes of at least 4 members (excludes halogenated alkanes) is 1. The van der Waals surface area contributed by atoms with Crippen LogP contribution < -0.4 is 5.32 Å². The lowest BCUT2D eigenvalue weighted by Crippen LogP contribution is -2.47. The van der Waals surface area contributed by atoms with Crippen LogP contribution in [-0.2, 0) is 6.42 Å². The van der Waals surface area contributed by atoms with Crippen LogP contribution in [0.4, 0.5) is 0 Å². The molecule has 0 radical (unpaired) electrons. The Morgan fingerprint density at radius 3 is 2.67 bits per heavy atom. The molecule has 2 atom stereocenters. The van der Waals surface area contributed by atoms with Gasteiger partial charge in [0, 0.05) is 12.1 Å². The van der Waals surface area contributed by atoms with Crippen molar-refractivity contribution >= 4 is 0 Å². The van der Waals surface area contributed by atoms with Crippen LogP contribution in [0.3, 0.4) is 0 Å². The monoisotopic (exact) mass is 288 g/mol. The fraction of sp³-hybridized carbons (Fsp3) is 0.684. The van der Waals surface area contributed by atoms with E-state index in [-0.39, 0.29) is 0 Å². The van der Waals surface area contributed by atoms with Crippen molar-refractivity contribution in [2.75, 3.05) is 19.6 Å². The maximum Gasteiger partial charge on any atom is 0.0481 e. The number of likely N-dealkylation sites (N-methyl/N-ethyl adjacent to an activating group) is 1. The Balaban J connectivity index is 2.19. The molecular weight excluding hydrogens is 256 g/mol. The first kappa shape index (κ1) is 16.5. The largest absolute Gasteiger partial charge is 0.309 e. The summed E-state index contributed by atoms with van der Waals surface area (Å²) in [6.07, 6.45) is 6.32. The Bertz CT molecular complexity index is 416. The molecule has 0 saturated heterocycles. The molecule has 0 aliphatic heterocycles. The van der Waals surface area contributed by atoms with E-state index in [0.29, 0.717) is 12.1 Å². The van der Waals surface area contributed by atoms with Crippen molar-refractivity contribution in [3.63, 3.8) is 0 Å². The van der Waals surface area contributed by atoms with E-state index in [2.05, 4.69) is 55.3 Å². The Morgan fingerprint density at radius 1 is 1.14 bits per heavy atom. The standard InChI is InChI=1S/C19H32N2/c1-4-7-15-21(6-3)18-13-12-16-10-8-9-11-17(16)19(18)20-14-5-2/h8-11,18-20H,4-7,12-15H2,1-3H3. The number of rotatable bonds is 8. The van der Waals surface area contributed by atoms with Crippen LogP contribution in [0.5, 0.6) is 0 Å². The molecule has 1 aliphatic rings. The molecule has 2 heteroatoms. The Labute approximate surface area is 130 Å². The normalized spacial score (nSPS) is 21.5. The molecular formula is C19H32N2.